The van der Waals surface area contributed by atoms with Gasteiger partial charge in [-0.1, -0.05) is 20.8 Å². The molecule has 1 atom stereocenters. The van der Waals surface area contributed by atoms with E-state index in [1.165, 1.54) is 0 Å². The molecule has 1 saturated heterocycles. The number of carbonyl (C=O) groups excluding carboxylic acids is 2. The highest BCUT2D eigenvalue weighted by Crippen LogP contribution is 2.19. The molecule has 2 amide bonds. The predicted molar refractivity (Wildman–Crippen MR) is 66.3 cm³/mol. The van der Waals surface area contributed by atoms with Crippen LogP contribution in [-0.2, 0) is 9.59 Å². The summed E-state index contributed by atoms with van der Waals surface area (Å²) in [6, 6.07) is -0.480. The van der Waals surface area contributed by atoms with Crippen molar-refractivity contribution in [2.24, 2.45) is 11.1 Å². The first-order valence-corrected chi connectivity index (χ1v) is 6.03. The molecule has 1 aliphatic rings. The largest absolute Gasteiger partial charge is 0.339 e. The summed E-state index contributed by atoms with van der Waals surface area (Å²) in [5.41, 5.74) is 5.72. The molecule has 0 aromatic heterocycles. The monoisotopic (exact) mass is 241 g/mol. The van der Waals surface area contributed by atoms with Crippen molar-refractivity contribution in [3.05, 3.63) is 0 Å². The second-order valence-corrected chi connectivity index (χ2v) is 5.68. The number of piperazine rings is 1. The zero-order valence-electron chi connectivity index (χ0n) is 11.2. The molecule has 17 heavy (non-hydrogen) atoms. The Morgan fingerprint density at radius 3 is 1.82 bits per heavy atom. The molecule has 5 nitrogen and oxygen atoms in total. The number of amides is 2. The van der Waals surface area contributed by atoms with Crippen LogP contribution in [0, 0.1) is 5.41 Å². The van der Waals surface area contributed by atoms with Gasteiger partial charge in [-0.25, -0.2) is 0 Å². The van der Waals surface area contributed by atoms with Crippen LogP contribution in [0.3, 0.4) is 0 Å². The van der Waals surface area contributed by atoms with Gasteiger partial charge >= 0.3 is 0 Å². The molecule has 2 N–H and O–H groups in total. The van der Waals surface area contributed by atoms with Crippen molar-refractivity contribution in [1.82, 2.24) is 9.80 Å². The molecule has 1 rings (SSSR count). The fraction of sp³-hybridized carbons (Fsp3) is 0.833. The van der Waals surface area contributed by atoms with Gasteiger partial charge in [0.2, 0.25) is 11.8 Å². The Bertz CT molecular complexity index is 301. The third kappa shape index (κ3) is 3.43. The molecule has 0 spiro atoms. The minimum atomic E-state index is -0.480. The van der Waals surface area contributed by atoms with Crippen LogP contribution in [0.1, 0.15) is 27.7 Å². The molecule has 0 aromatic rings. The highest BCUT2D eigenvalue weighted by Gasteiger charge is 2.32. The van der Waals surface area contributed by atoms with E-state index in [4.69, 9.17) is 5.73 Å². The van der Waals surface area contributed by atoms with E-state index in [9.17, 15) is 9.59 Å². The molecule has 1 unspecified atom stereocenters. The SMILES string of the molecule is CC(=O)N1CCN(C(=O)C(N)C(C)(C)C)CC1. The Labute approximate surface area is 103 Å². The standard InChI is InChI=1S/C12H23N3O2/c1-9(16)14-5-7-15(8-6-14)11(17)10(13)12(2,3)4/h10H,5-8,13H2,1-4H3. The van der Waals surface area contributed by atoms with Crippen molar-refractivity contribution in [1.29, 1.82) is 0 Å². The van der Waals surface area contributed by atoms with E-state index in [2.05, 4.69) is 0 Å². The molecular formula is C12H23N3O2. The van der Waals surface area contributed by atoms with Crippen LogP contribution >= 0.6 is 0 Å². The van der Waals surface area contributed by atoms with Crippen molar-refractivity contribution in [2.45, 2.75) is 33.7 Å². The fourth-order valence-electron chi connectivity index (χ4n) is 1.81. The van der Waals surface area contributed by atoms with Gasteiger partial charge in [-0.05, 0) is 5.41 Å². The summed E-state index contributed by atoms with van der Waals surface area (Å²) in [4.78, 5) is 26.8. The number of hydrogen-bond donors (Lipinski definition) is 1. The minimum Gasteiger partial charge on any atom is -0.339 e. The topological polar surface area (TPSA) is 66.6 Å². The van der Waals surface area contributed by atoms with Gasteiger partial charge in [0.15, 0.2) is 0 Å². The van der Waals surface area contributed by atoms with Crippen molar-refractivity contribution in [2.75, 3.05) is 26.2 Å². The molecule has 1 aliphatic heterocycles. The number of nitrogens with two attached hydrogens (primary N) is 1. The number of rotatable bonds is 1. The van der Waals surface area contributed by atoms with Gasteiger partial charge in [0, 0.05) is 33.1 Å². The molecule has 98 valence electrons. The van der Waals surface area contributed by atoms with Crippen LogP contribution in [0.25, 0.3) is 0 Å². The van der Waals surface area contributed by atoms with Gasteiger partial charge in [0.05, 0.1) is 6.04 Å². The van der Waals surface area contributed by atoms with E-state index in [1.807, 2.05) is 20.8 Å². The summed E-state index contributed by atoms with van der Waals surface area (Å²) in [6.45, 7) is 9.82. The first-order chi connectivity index (χ1) is 7.73. The predicted octanol–water partition coefficient (Wildman–Crippen LogP) is 0.0505. The number of carbonyl (C=O) groups is 2. The zero-order valence-corrected chi connectivity index (χ0v) is 11.2. The van der Waals surface area contributed by atoms with Crippen LogP contribution in [0.15, 0.2) is 0 Å². The second kappa shape index (κ2) is 5.04. The summed E-state index contributed by atoms with van der Waals surface area (Å²) < 4.78 is 0. The Balaban J connectivity index is 2.55. The summed E-state index contributed by atoms with van der Waals surface area (Å²) in [7, 11) is 0. The van der Waals surface area contributed by atoms with Crippen molar-refractivity contribution < 1.29 is 9.59 Å². The lowest BCUT2D eigenvalue weighted by atomic mass is 9.86. The molecule has 0 aliphatic carbocycles. The summed E-state index contributed by atoms with van der Waals surface area (Å²) in [5, 5.41) is 0. The van der Waals surface area contributed by atoms with Gasteiger partial charge in [-0.3, -0.25) is 9.59 Å². The maximum atomic E-state index is 12.1. The molecule has 5 heteroatoms. The van der Waals surface area contributed by atoms with Gasteiger partial charge < -0.3 is 15.5 Å². The summed E-state index contributed by atoms with van der Waals surface area (Å²) in [5.74, 6) is 0.0536. The molecule has 1 heterocycles. The Morgan fingerprint density at radius 2 is 1.47 bits per heavy atom. The lowest BCUT2D eigenvalue weighted by Gasteiger charge is -2.37. The quantitative estimate of drug-likeness (QED) is 0.705. The lowest BCUT2D eigenvalue weighted by Crippen LogP contribution is -2.56. The molecule has 0 aromatic carbocycles. The maximum absolute atomic E-state index is 12.1. The van der Waals surface area contributed by atoms with E-state index in [0.717, 1.165) is 0 Å². The van der Waals surface area contributed by atoms with Crippen molar-refractivity contribution in [3.8, 4) is 0 Å². The molecule has 0 bridgehead atoms. The molecular weight excluding hydrogens is 218 g/mol. The molecule has 1 fully saturated rings. The Hall–Kier alpha value is -1.10. The third-order valence-corrected chi connectivity index (χ3v) is 3.24. The van der Waals surface area contributed by atoms with E-state index < -0.39 is 6.04 Å². The van der Waals surface area contributed by atoms with Crippen LogP contribution in [0.5, 0.6) is 0 Å². The molecule has 0 saturated carbocycles. The zero-order chi connectivity index (χ0) is 13.2. The van der Waals surface area contributed by atoms with Crippen LogP contribution < -0.4 is 5.73 Å². The van der Waals surface area contributed by atoms with E-state index >= 15 is 0 Å². The smallest absolute Gasteiger partial charge is 0.240 e. The average Bonchev–Trinajstić information content (AvgIpc) is 2.26. The van der Waals surface area contributed by atoms with Gasteiger partial charge in [0.1, 0.15) is 0 Å². The van der Waals surface area contributed by atoms with Gasteiger partial charge in [-0.15, -0.1) is 0 Å². The normalized spacial score (nSPS) is 19.1. The summed E-state index contributed by atoms with van der Waals surface area (Å²) in [6.07, 6.45) is 0. The highest BCUT2D eigenvalue weighted by atomic mass is 16.2. The van der Waals surface area contributed by atoms with Crippen LogP contribution in [0.2, 0.25) is 0 Å². The number of nitrogens with zero attached hydrogens (tertiary/aromatic N) is 2. The Morgan fingerprint density at radius 1 is 1.06 bits per heavy atom. The van der Waals surface area contributed by atoms with E-state index in [1.54, 1.807) is 16.7 Å². The van der Waals surface area contributed by atoms with Gasteiger partial charge in [-0.2, -0.15) is 0 Å². The molecule has 0 radical (unpaired) electrons. The average molecular weight is 241 g/mol. The highest BCUT2D eigenvalue weighted by molar-refractivity contribution is 5.83. The lowest BCUT2D eigenvalue weighted by molar-refractivity contribution is -0.140. The fourth-order valence-corrected chi connectivity index (χ4v) is 1.81. The maximum Gasteiger partial charge on any atom is 0.240 e. The van der Waals surface area contributed by atoms with Crippen molar-refractivity contribution >= 4 is 11.8 Å². The van der Waals surface area contributed by atoms with Gasteiger partial charge in [0.25, 0.3) is 0 Å². The first kappa shape index (κ1) is 14.0. The van der Waals surface area contributed by atoms with E-state index in [0.29, 0.717) is 26.2 Å². The second-order valence-electron chi connectivity index (χ2n) is 5.68. The van der Waals surface area contributed by atoms with Crippen molar-refractivity contribution in [3.63, 3.8) is 0 Å². The minimum absolute atomic E-state index is 0.0132. The number of hydrogen-bond acceptors (Lipinski definition) is 3. The Kier molecular flexibility index (Phi) is 4.14. The summed E-state index contributed by atoms with van der Waals surface area (Å²) >= 11 is 0. The third-order valence-electron chi connectivity index (χ3n) is 3.24. The van der Waals surface area contributed by atoms with E-state index in [-0.39, 0.29) is 17.2 Å². The first-order valence-electron chi connectivity index (χ1n) is 6.03. The van der Waals surface area contributed by atoms with Crippen LogP contribution in [-0.4, -0.2) is 53.8 Å². The van der Waals surface area contributed by atoms with Crippen LogP contribution in [0.4, 0.5) is 0 Å².